The second kappa shape index (κ2) is 6.88. The van der Waals surface area contributed by atoms with E-state index in [-0.39, 0.29) is 17.6 Å². The third kappa shape index (κ3) is 4.60. The molecule has 1 amide bonds. The number of anilines is 2. The number of amides is 1. The molecule has 0 aliphatic heterocycles. The van der Waals surface area contributed by atoms with Crippen molar-refractivity contribution >= 4 is 17.3 Å². The Morgan fingerprint density at radius 1 is 1.10 bits per heavy atom. The number of carbonyl (C=O) groups excluding carboxylic acids is 1. The van der Waals surface area contributed by atoms with Crippen LogP contribution < -0.4 is 10.6 Å². The summed E-state index contributed by atoms with van der Waals surface area (Å²) in [5, 5.41) is 6.11. The molecule has 0 aliphatic rings. The number of hydrogen-bond acceptors (Lipinski definition) is 2. The molecule has 0 unspecified atom stereocenters. The van der Waals surface area contributed by atoms with Gasteiger partial charge in [0.2, 0.25) is 5.91 Å². The van der Waals surface area contributed by atoms with Crippen LogP contribution in [0.1, 0.15) is 19.4 Å². The Morgan fingerprint density at radius 2 is 1.76 bits per heavy atom. The van der Waals surface area contributed by atoms with Gasteiger partial charge >= 0.3 is 0 Å². The van der Waals surface area contributed by atoms with Crippen LogP contribution in [0.25, 0.3) is 0 Å². The van der Waals surface area contributed by atoms with E-state index in [1.807, 2.05) is 38.1 Å². The SMILES string of the molecule is CC(C)C(=O)Nc1cccc(NCc2ccc(F)cc2)c1. The normalized spacial score (nSPS) is 10.5. The molecule has 2 N–H and O–H groups in total. The summed E-state index contributed by atoms with van der Waals surface area (Å²) in [5.74, 6) is -0.302. The van der Waals surface area contributed by atoms with Gasteiger partial charge < -0.3 is 10.6 Å². The van der Waals surface area contributed by atoms with Crippen LogP contribution in [0.4, 0.5) is 15.8 Å². The van der Waals surface area contributed by atoms with Crippen molar-refractivity contribution in [3.8, 4) is 0 Å². The van der Waals surface area contributed by atoms with Crippen LogP contribution in [0.3, 0.4) is 0 Å². The van der Waals surface area contributed by atoms with Gasteiger partial charge in [-0.15, -0.1) is 0 Å². The second-order valence-corrected chi connectivity index (χ2v) is 5.20. The smallest absolute Gasteiger partial charge is 0.226 e. The average Bonchev–Trinajstić information content (AvgIpc) is 2.47. The first-order valence-corrected chi connectivity index (χ1v) is 6.94. The molecule has 3 nitrogen and oxygen atoms in total. The number of nitrogens with one attached hydrogen (secondary N) is 2. The van der Waals surface area contributed by atoms with E-state index in [0.29, 0.717) is 6.54 Å². The van der Waals surface area contributed by atoms with Gasteiger partial charge in [-0.2, -0.15) is 0 Å². The van der Waals surface area contributed by atoms with E-state index in [1.165, 1.54) is 12.1 Å². The van der Waals surface area contributed by atoms with Crippen LogP contribution in [0.15, 0.2) is 48.5 Å². The van der Waals surface area contributed by atoms with Gasteiger partial charge in [-0.25, -0.2) is 4.39 Å². The highest BCUT2D eigenvalue weighted by atomic mass is 19.1. The lowest BCUT2D eigenvalue weighted by Gasteiger charge is -2.11. The van der Waals surface area contributed by atoms with Crippen LogP contribution >= 0.6 is 0 Å². The minimum absolute atomic E-state index is 0.00863. The standard InChI is InChI=1S/C17H19FN2O/c1-12(2)17(21)20-16-5-3-4-15(10-16)19-11-13-6-8-14(18)9-7-13/h3-10,12,19H,11H2,1-2H3,(H,20,21). The van der Waals surface area contributed by atoms with Crippen LogP contribution in [0.2, 0.25) is 0 Å². The predicted molar refractivity (Wildman–Crippen MR) is 83.6 cm³/mol. The molecule has 21 heavy (non-hydrogen) atoms. The molecule has 0 fully saturated rings. The summed E-state index contributed by atoms with van der Waals surface area (Å²) in [6.45, 7) is 4.31. The Balaban J connectivity index is 1.97. The highest BCUT2D eigenvalue weighted by molar-refractivity contribution is 5.92. The van der Waals surface area contributed by atoms with Crippen molar-refractivity contribution in [3.05, 3.63) is 59.9 Å². The summed E-state index contributed by atoms with van der Waals surface area (Å²) in [5.41, 5.74) is 2.66. The summed E-state index contributed by atoms with van der Waals surface area (Å²) < 4.78 is 12.8. The number of carbonyl (C=O) groups is 1. The van der Waals surface area contributed by atoms with E-state index in [1.54, 1.807) is 12.1 Å². The largest absolute Gasteiger partial charge is 0.381 e. The molecule has 0 atom stereocenters. The number of benzene rings is 2. The Hall–Kier alpha value is -2.36. The van der Waals surface area contributed by atoms with Crippen molar-refractivity contribution in [2.24, 2.45) is 5.92 Å². The molecule has 4 heteroatoms. The topological polar surface area (TPSA) is 41.1 Å². The lowest BCUT2D eigenvalue weighted by Crippen LogP contribution is -2.17. The van der Waals surface area contributed by atoms with E-state index in [4.69, 9.17) is 0 Å². The van der Waals surface area contributed by atoms with Crippen LogP contribution in [-0.2, 0) is 11.3 Å². The molecule has 0 radical (unpaired) electrons. The second-order valence-electron chi connectivity index (χ2n) is 5.20. The van der Waals surface area contributed by atoms with Crippen molar-refractivity contribution < 1.29 is 9.18 Å². The van der Waals surface area contributed by atoms with Gasteiger partial charge in [0, 0.05) is 23.8 Å². The first-order valence-electron chi connectivity index (χ1n) is 6.94. The number of hydrogen-bond donors (Lipinski definition) is 2. The van der Waals surface area contributed by atoms with Gasteiger partial charge in [0.1, 0.15) is 5.82 Å². The van der Waals surface area contributed by atoms with Gasteiger partial charge in [-0.05, 0) is 35.9 Å². The molecule has 2 rings (SSSR count). The fraction of sp³-hybridized carbons (Fsp3) is 0.235. The van der Waals surface area contributed by atoms with Crippen LogP contribution in [0.5, 0.6) is 0 Å². The third-order valence-corrected chi connectivity index (χ3v) is 3.06. The lowest BCUT2D eigenvalue weighted by atomic mass is 10.2. The molecule has 2 aromatic rings. The average molecular weight is 286 g/mol. The van der Waals surface area contributed by atoms with Gasteiger partial charge in [-0.1, -0.05) is 32.0 Å². The maximum Gasteiger partial charge on any atom is 0.226 e. The molecule has 110 valence electrons. The molecule has 0 spiro atoms. The van der Waals surface area contributed by atoms with Crippen LogP contribution in [-0.4, -0.2) is 5.91 Å². The Kier molecular flexibility index (Phi) is 4.93. The van der Waals surface area contributed by atoms with Gasteiger partial charge in [0.25, 0.3) is 0 Å². The first-order chi connectivity index (χ1) is 10.0. The number of halogens is 1. The highest BCUT2D eigenvalue weighted by Crippen LogP contribution is 2.17. The highest BCUT2D eigenvalue weighted by Gasteiger charge is 2.07. The Morgan fingerprint density at radius 3 is 2.43 bits per heavy atom. The van der Waals surface area contributed by atoms with Gasteiger partial charge in [-0.3, -0.25) is 4.79 Å². The summed E-state index contributed by atoms with van der Waals surface area (Å²) >= 11 is 0. The molecular formula is C17H19FN2O. The fourth-order valence-electron chi connectivity index (χ4n) is 1.80. The number of rotatable bonds is 5. The van der Waals surface area contributed by atoms with E-state index in [0.717, 1.165) is 16.9 Å². The molecule has 2 aromatic carbocycles. The maximum absolute atomic E-state index is 12.8. The van der Waals surface area contributed by atoms with E-state index >= 15 is 0 Å². The lowest BCUT2D eigenvalue weighted by molar-refractivity contribution is -0.118. The Labute approximate surface area is 124 Å². The summed E-state index contributed by atoms with van der Waals surface area (Å²) in [6, 6.07) is 13.9. The zero-order valence-corrected chi connectivity index (χ0v) is 12.2. The quantitative estimate of drug-likeness (QED) is 0.871. The van der Waals surface area contributed by atoms with Gasteiger partial charge in [0.05, 0.1) is 0 Å². The van der Waals surface area contributed by atoms with E-state index in [9.17, 15) is 9.18 Å². The van der Waals surface area contributed by atoms with Crippen molar-refractivity contribution in [1.29, 1.82) is 0 Å². The molecular weight excluding hydrogens is 267 g/mol. The first kappa shape index (κ1) is 15.0. The van der Waals surface area contributed by atoms with Crippen LogP contribution in [0, 0.1) is 11.7 Å². The van der Waals surface area contributed by atoms with E-state index in [2.05, 4.69) is 10.6 Å². The Bertz CT molecular complexity index is 608. The summed E-state index contributed by atoms with van der Waals surface area (Å²) in [6.07, 6.45) is 0. The van der Waals surface area contributed by atoms with Crippen molar-refractivity contribution in [3.63, 3.8) is 0 Å². The summed E-state index contributed by atoms with van der Waals surface area (Å²) in [7, 11) is 0. The molecule has 0 heterocycles. The maximum atomic E-state index is 12.8. The third-order valence-electron chi connectivity index (χ3n) is 3.06. The fourth-order valence-corrected chi connectivity index (χ4v) is 1.80. The molecule has 0 aliphatic carbocycles. The molecule has 0 saturated heterocycles. The van der Waals surface area contributed by atoms with E-state index < -0.39 is 0 Å². The zero-order chi connectivity index (χ0) is 15.2. The van der Waals surface area contributed by atoms with Crippen molar-refractivity contribution in [2.45, 2.75) is 20.4 Å². The predicted octanol–water partition coefficient (Wildman–Crippen LogP) is 4.03. The monoisotopic (exact) mass is 286 g/mol. The zero-order valence-electron chi connectivity index (χ0n) is 12.2. The van der Waals surface area contributed by atoms with Gasteiger partial charge in [0.15, 0.2) is 0 Å². The minimum Gasteiger partial charge on any atom is -0.381 e. The van der Waals surface area contributed by atoms with Crippen molar-refractivity contribution in [1.82, 2.24) is 0 Å². The summed E-state index contributed by atoms with van der Waals surface area (Å²) in [4.78, 5) is 11.7. The molecule has 0 bridgehead atoms. The molecule has 0 saturated carbocycles. The minimum atomic E-state index is -0.239. The molecule has 0 aromatic heterocycles. The van der Waals surface area contributed by atoms with Crippen molar-refractivity contribution in [2.75, 3.05) is 10.6 Å².